The number of nitrogens with two attached hydrogens (primary N) is 1. The third kappa shape index (κ3) is 2.64. The maximum atomic E-state index is 5.77. The van der Waals surface area contributed by atoms with Gasteiger partial charge in [-0.25, -0.2) is 0 Å². The van der Waals surface area contributed by atoms with Crippen molar-refractivity contribution < 1.29 is 0 Å². The second-order valence-electron chi connectivity index (χ2n) is 6.11. The van der Waals surface area contributed by atoms with Crippen molar-refractivity contribution in [3.05, 3.63) is 29.8 Å². The topological polar surface area (TPSA) is 29.3 Å². The second-order valence-corrected chi connectivity index (χ2v) is 6.11. The molecule has 1 aliphatic carbocycles. The molecule has 1 saturated heterocycles. The van der Waals surface area contributed by atoms with Gasteiger partial charge in [0.1, 0.15) is 0 Å². The summed E-state index contributed by atoms with van der Waals surface area (Å²) < 4.78 is 0. The van der Waals surface area contributed by atoms with Crippen molar-refractivity contribution in [1.82, 2.24) is 0 Å². The van der Waals surface area contributed by atoms with Crippen LogP contribution in [0, 0.1) is 5.92 Å². The van der Waals surface area contributed by atoms with E-state index in [1.807, 2.05) is 0 Å². The summed E-state index contributed by atoms with van der Waals surface area (Å²) in [4.78, 5) is 2.71. The quantitative estimate of drug-likeness (QED) is 0.901. The average molecular weight is 258 g/mol. The molecule has 0 unspecified atom stereocenters. The van der Waals surface area contributed by atoms with Crippen molar-refractivity contribution in [2.75, 3.05) is 18.0 Å². The SMILES string of the molecule is NCCc1ccccc1N1CCC[C@H]2CCCC[C@H]21. The van der Waals surface area contributed by atoms with Gasteiger partial charge in [0, 0.05) is 18.3 Å². The zero-order valence-electron chi connectivity index (χ0n) is 11.9. The van der Waals surface area contributed by atoms with Gasteiger partial charge >= 0.3 is 0 Å². The molecule has 1 aromatic carbocycles. The van der Waals surface area contributed by atoms with Crippen LogP contribution in [0.4, 0.5) is 5.69 Å². The first-order valence-corrected chi connectivity index (χ1v) is 7.95. The Morgan fingerprint density at radius 1 is 1.05 bits per heavy atom. The highest BCUT2D eigenvalue weighted by Gasteiger charge is 2.33. The van der Waals surface area contributed by atoms with E-state index >= 15 is 0 Å². The Morgan fingerprint density at radius 2 is 1.84 bits per heavy atom. The van der Waals surface area contributed by atoms with Crippen LogP contribution < -0.4 is 10.6 Å². The lowest BCUT2D eigenvalue weighted by molar-refractivity contribution is 0.243. The molecular formula is C17H26N2. The molecule has 0 amide bonds. The van der Waals surface area contributed by atoms with Crippen LogP contribution >= 0.6 is 0 Å². The van der Waals surface area contributed by atoms with Crippen molar-refractivity contribution in [1.29, 1.82) is 0 Å². The molecule has 2 fully saturated rings. The Bertz CT molecular complexity index is 413. The van der Waals surface area contributed by atoms with Crippen LogP contribution in [0.2, 0.25) is 0 Å². The molecule has 1 saturated carbocycles. The molecule has 19 heavy (non-hydrogen) atoms. The van der Waals surface area contributed by atoms with Crippen molar-refractivity contribution in [3.63, 3.8) is 0 Å². The first-order valence-electron chi connectivity index (χ1n) is 7.95. The van der Waals surface area contributed by atoms with E-state index in [4.69, 9.17) is 5.73 Å². The Kier molecular flexibility index (Phi) is 4.07. The van der Waals surface area contributed by atoms with Gasteiger partial charge in [-0.05, 0) is 56.2 Å². The molecule has 2 aliphatic rings. The van der Waals surface area contributed by atoms with Crippen LogP contribution in [0.25, 0.3) is 0 Å². The van der Waals surface area contributed by atoms with Crippen LogP contribution in [0.15, 0.2) is 24.3 Å². The molecule has 0 spiro atoms. The Balaban J connectivity index is 1.87. The predicted molar refractivity (Wildman–Crippen MR) is 81.5 cm³/mol. The van der Waals surface area contributed by atoms with E-state index < -0.39 is 0 Å². The highest BCUT2D eigenvalue weighted by atomic mass is 15.2. The minimum absolute atomic E-state index is 0.749. The van der Waals surface area contributed by atoms with Gasteiger partial charge in [-0.1, -0.05) is 31.0 Å². The molecule has 2 heteroatoms. The summed E-state index contributed by atoms with van der Waals surface area (Å²) in [5.74, 6) is 0.938. The highest BCUT2D eigenvalue weighted by Crippen LogP contribution is 2.38. The Hall–Kier alpha value is -1.02. The van der Waals surface area contributed by atoms with E-state index in [9.17, 15) is 0 Å². The van der Waals surface area contributed by atoms with Crippen LogP contribution in [0.3, 0.4) is 0 Å². The van der Waals surface area contributed by atoms with Gasteiger partial charge in [-0.3, -0.25) is 0 Å². The lowest BCUT2D eigenvalue weighted by Gasteiger charge is -2.46. The molecule has 2 nitrogen and oxygen atoms in total. The third-order valence-electron chi connectivity index (χ3n) is 4.96. The Labute approximate surface area is 117 Å². The zero-order chi connectivity index (χ0) is 13.1. The summed E-state index contributed by atoms with van der Waals surface area (Å²) in [6, 6.07) is 9.69. The predicted octanol–water partition coefficient (Wildman–Crippen LogP) is 3.35. The van der Waals surface area contributed by atoms with Gasteiger partial charge in [0.2, 0.25) is 0 Å². The van der Waals surface area contributed by atoms with E-state index in [1.54, 1.807) is 0 Å². The van der Waals surface area contributed by atoms with Crippen LogP contribution in [-0.4, -0.2) is 19.1 Å². The van der Waals surface area contributed by atoms with Gasteiger partial charge in [-0.2, -0.15) is 0 Å². The molecule has 2 atom stereocenters. The average Bonchev–Trinajstić information content (AvgIpc) is 2.48. The van der Waals surface area contributed by atoms with Crippen molar-refractivity contribution in [2.24, 2.45) is 11.7 Å². The van der Waals surface area contributed by atoms with Crippen molar-refractivity contribution in [2.45, 2.75) is 51.0 Å². The molecule has 3 rings (SSSR count). The van der Waals surface area contributed by atoms with Gasteiger partial charge < -0.3 is 10.6 Å². The third-order valence-corrected chi connectivity index (χ3v) is 4.96. The number of benzene rings is 1. The fraction of sp³-hybridized carbons (Fsp3) is 0.647. The molecule has 0 aromatic heterocycles. The standard InChI is InChI=1S/C17H26N2/c18-12-11-15-7-2-4-10-17(15)19-13-5-8-14-6-1-3-9-16(14)19/h2,4,7,10,14,16H,1,3,5-6,8-9,11-13,18H2/t14-,16-/m1/s1. The van der Waals surface area contributed by atoms with E-state index in [2.05, 4.69) is 29.2 Å². The molecule has 1 heterocycles. The maximum Gasteiger partial charge on any atom is 0.0401 e. The number of rotatable bonds is 3. The summed E-state index contributed by atoms with van der Waals surface area (Å²) in [7, 11) is 0. The molecular weight excluding hydrogens is 232 g/mol. The minimum Gasteiger partial charge on any atom is -0.368 e. The molecule has 1 aliphatic heterocycles. The molecule has 0 radical (unpaired) electrons. The number of piperidine rings is 1. The fourth-order valence-electron chi connectivity index (χ4n) is 4.08. The molecule has 104 valence electrons. The number of anilines is 1. The number of nitrogens with zero attached hydrogens (tertiary/aromatic N) is 1. The maximum absolute atomic E-state index is 5.77. The zero-order valence-corrected chi connectivity index (χ0v) is 11.9. The smallest absolute Gasteiger partial charge is 0.0401 e. The van der Waals surface area contributed by atoms with Crippen molar-refractivity contribution in [3.8, 4) is 0 Å². The molecule has 1 aromatic rings. The summed E-state index contributed by atoms with van der Waals surface area (Å²) in [5, 5.41) is 0. The van der Waals surface area contributed by atoms with Gasteiger partial charge in [0.25, 0.3) is 0 Å². The van der Waals surface area contributed by atoms with Gasteiger partial charge in [-0.15, -0.1) is 0 Å². The van der Waals surface area contributed by atoms with Crippen LogP contribution in [0.5, 0.6) is 0 Å². The fourth-order valence-corrected chi connectivity index (χ4v) is 4.08. The molecule has 2 N–H and O–H groups in total. The second kappa shape index (κ2) is 5.96. The van der Waals surface area contributed by atoms with Gasteiger partial charge in [0.15, 0.2) is 0 Å². The van der Waals surface area contributed by atoms with Crippen LogP contribution in [0.1, 0.15) is 44.1 Å². The van der Waals surface area contributed by atoms with Gasteiger partial charge in [0.05, 0.1) is 0 Å². The number of hydrogen-bond donors (Lipinski definition) is 1. The summed E-state index contributed by atoms with van der Waals surface area (Å²) in [5.41, 5.74) is 8.68. The number of hydrogen-bond acceptors (Lipinski definition) is 2. The van der Waals surface area contributed by atoms with E-state index in [-0.39, 0.29) is 0 Å². The largest absolute Gasteiger partial charge is 0.368 e. The lowest BCUT2D eigenvalue weighted by Crippen LogP contribution is -2.47. The normalized spacial score (nSPS) is 27.1. The first-order chi connectivity index (χ1) is 9.40. The lowest BCUT2D eigenvalue weighted by atomic mass is 9.78. The summed E-state index contributed by atoms with van der Waals surface area (Å²) in [6.07, 6.45) is 9.50. The Morgan fingerprint density at radius 3 is 2.74 bits per heavy atom. The van der Waals surface area contributed by atoms with Crippen LogP contribution in [-0.2, 0) is 6.42 Å². The van der Waals surface area contributed by atoms with E-state index in [0.717, 1.165) is 24.9 Å². The minimum atomic E-state index is 0.749. The van der Waals surface area contributed by atoms with E-state index in [1.165, 1.54) is 56.3 Å². The van der Waals surface area contributed by atoms with Crippen molar-refractivity contribution >= 4 is 5.69 Å². The summed E-state index contributed by atoms with van der Waals surface area (Å²) >= 11 is 0. The highest BCUT2D eigenvalue weighted by molar-refractivity contribution is 5.55. The first kappa shape index (κ1) is 13.0. The number of para-hydroxylation sites is 1. The monoisotopic (exact) mass is 258 g/mol. The molecule has 0 bridgehead atoms. The summed E-state index contributed by atoms with van der Waals surface area (Å²) in [6.45, 7) is 1.99. The van der Waals surface area contributed by atoms with E-state index in [0.29, 0.717) is 0 Å². The number of fused-ring (bicyclic) bond motifs is 1.